The van der Waals surface area contributed by atoms with Gasteiger partial charge in [-0.3, -0.25) is 9.48 Å². The first kappa shape index (κ1) is 17.3. The van der Waals surface area contributed by atoms with Gasteiger partial charge in [-0.25, -0.2) is 4.39 Å². The van der Waals surface area contributed by atoms with Crippen molar-refractivity contribution in [2.45, 2.75) is 12.5 Å². The molecule has 2 atom stereocenters. The van der Waals surface area contributed by atoms with E-state index < -0.39 is 24.1 Å². The molecule has 1 aromatic carbocycles. The van der Waals surface area contributed by atoms with Gasteiger partial charge in [0.25, 0.3) is 0 Å². The molecular formula is C16H17F3N4O2. The van der Waals surface area contributed by atoms with E-state index in [1.165, 1.54) is 6.07 Å². The number of carbonyl (C=O) groups is 1. The number of nitrogens with zero attached hydrogens (tertiary/aromatic N) is 2. The molecular weight excluding hydrogens is 337 g/mol. The maximum absolute atomic E-state index is 13.3. The van der Waals surface area contributed by atoms with Gasteiger partial charge in [-0.2, -0.15) is 13.9 Å². The van der Waals surface area contributed by atoms with Gasteiger partial charge in [-0.05, 0) is 17.7 Å². The minimum Gasteiger partial charge on any atom is -0.432 e. The van der Waals surface area contributed by atoms with Crippen molar-refractivity contribution in [2.24, 2.45) is 13.0 Å². The number of anilines is 1. The van der Waals surface area contributed by atoms with E-state index in [0.717, 1.165) is 17.7 Å². The molecule has 0 aliphatic carbocycles. The number of aromatic nitrogens is 2. The van der Waals surface area contributed by atoms with Crippen LogP contribution in [0.5, 0.6) is 5.75 Å². The molecule has 1 aromatic heterocycles. The minimum atomic E-state index is -3.12. The molecule has 0 unspecified atom stereocenters. The van der Waals surface area contributed by atoms with Gasteiger partial charge in [-0.15, -0.1) is 0 Å². The largest absolute Gasteiger partial charge is 0.432 e. The van der Waals surface area contributed by atoms with Gasteiger partial charge in [0.15, 0.2) is 5.75 Å². The van der Waals surface area contributed by atoms with Crippen LogP contribution < -0.4 is 15.4 Å². The Hall–Kier alpha value is -2.55. The molecule has 1 fully saturated rings. The molecule has 0 saturated carbocycles. The monoisotopic (exact) mass is 354 g/mol. The number of halogens is 3. The first-order valence-electron chi connectivity index (χ1n) is 7.68. The fourth-order valence-electron chi connectivity index (χ4n) is 2.95. The molecule has 1 aliphatic heterocycles. The fraction of sp³-hybridized carbons (Fsp3) is 0.375. The second-order valence-electron chi connectivity index (χ2n) is 5.83. The summed E-state index contributed by atoms with van der Waals surface area (Å²) < 4.78 is 44.2. The van der Waals surface area contributed by atoms with E-state index in [9.17, 15) is 18.0 Å². The Morgan fingerprint density at radius 2 is 2.24 bits per heavy atom. The van der Waals surface area contributed by atoms with E-state index in [4.69, 9.17) is 0 Å². The Bertz CT molecular complexity index is 766. The maximum Gasteiger partial charge on any atom is 0.387 e. The summed E-state index contributed by atoms with van der Waals surface area (Å²) in [4.78, 5) is 12.6. The number of aryl methyl sites for hydroxylation is 1. The minimum absolute atomic E-state index is 0.00327. The molecule has 6 nitrogen and oxygen atoms in total. The van der Waals surface area contributed by atoms with Crippen LogP contribution in [0.1, 0.15) is 11.5 Å². The number of hydrogen-bond donors (Lipinski definition) is 2. The van der Waals surface area contributed by atoms with Gasteiger partial charge in [0, 0.05) is 38.3 Å². The Morgan fingerprint density at radius 1 is 1.44 bits per heavy atom. The molecule has 1 aliphatic rings. The van der Waals surface area contributed by atoms with Crippen LogP contribution in [0.2, 0.25) is 0 Å². The van der Waals surface area contributed by atoms with Gasteiger partial charge in [0.05, 0.1) is 17.8 Å². The Balaban J connectivity index is 1.77. The second-order valence-corrected chi connectivity index (χ2v) is 5.83. The van der Waals surface area contributed by atoms with Crippen LogP contribution in [0.3, 0.4) is 0 Å². The zero-order valence-corrected chi connectivity index (χ0v) is 13.4. The smallest absolute Gasteiger partial charge is 0.387 e. The molecule has 2 N–H and O–H groups in total. The lowest BCUT2D eigenvalue weighted by molar-refractivity contribution is -0.119. The third-order valence-corrected chi connectivity index (χ3v) is 4.12. The summed E-state index contributed by atoms with van der Waals surface area (Å²) >= 11 is 0. The molecule has 0 bridgehead atoms. The van der Waals surface area contributed by atoms with E-state index in [-0.39, 0.29) is 17.5 Å². The predicted octanol–water partition coefficient (Wildman–Crippen LogP) is 2.10. The van der Waals surface area contributed by atoms with Crippen molar-refractivity contribution in [3.05, 3.63) is 42.0 Å². The molecule has 25 heavy (non-hydrogen) atoms. The molecule has 0 spiro atoms. The highest BCUT2D eigenvalue weighted by molar-refractivity contribution is 5.95. The van der Waals surface area contributed by atoms with Crippen molar-refractivity contribution in [3.63, 3.8) is 0 Å². The van der Waals surface area contributed by atoms with Crippen LogP contribution in [0.4, 0.5) is 18.9 Å². The van der Waals surface area contributed by atoms with Crippen molar-refractivity contribution < 1.29 is 22.7 Å². The zero-order chi connectivity index (χ0) is 18.0. The van der Waals surface area contributed by atoms with Gasteiger partial charge in [0.1, 0.15) is 5.82 Å². The van der Waals surface area contributed by atoms with Gasteiger partial charge in [-0.1, -0.05) is 0 Å². The summed E-state index contributed by atoms with van der Waals surface area (Å²) in [5.41, 5.74) is 0.916. The first-order chi connectivity index (χ1) is 11.9. The quantitative estimate of drug-likeness (QED) is 0.863. The van der Waals surface area contributed by atoms with Crippen molar-refractivity contribution >= 4 is 11.6 Å². The number of rotatable bonds is 5. The van der Waals surface area contributed by atoms with E-state index in [1.807, 2.05) is 6.20 Å². The van der Waals surface area contributed by atoms with Crippen LogP contribution >= 0.6 is 0 Å². The molecule has 2 aromatic rings. The number of carbonyl (C=O) groups excluding carboxylic acids is 1. The van der Waals surface area contributed by atoms with Gasteiger partial charge >= 0.3 is 6.61 Å². The average Bonchev–Trinajstić information content (AvgIpc) is 3.17. The molecule has 1 saturated heterocycles. The highest BCUT2D eigenvalue weighted by Gasteiger charge is 2.35. The van der Waals surface area contributed by atoms with Crippen LogP contribution in [0, 0.1) is 11.7 Å². The lowest BCUT2D eigenvalue weighted by atomic mass is 9.90. The Kier molecular flexibility index (Phi) is 4.93. The summed E-state index contributed by atoms with van der Waals surface area (Å²) in [6.45, 7) is -2.07. The van der Waals surface area contributed by atoms with E-state index in [2.05, 4.69) is 20.5 Å². The highest BCUT2D eigenvalue weighted by atomic mass is 19.3. The van der Waals surface area contributed by atoms with Crippen LogP contribution in [-0.4, -0.2) is 35.4 Å². The van der Waals surface area contributed by atoms with E-state index >= 15 is 0 Å². The summed E-state index contributed by atoms with van der Waals surface area (Å²) in [5.74, 6) is -2.00. The van der Waals surface area contributed by atoms with Gasteiger partial charge < -0.3 is 15.4 Å². The van der Waals surface area contributed by atoms with Crippen molar-refractivity contribution in [1.82, 2.24) is 15.1 Å². The van der Waals surface area contributed by atoms with E-state index in [0.29, 0.717) is 13.1 Å². The van der Waals surface area contributed by atoms with E-state index in [1.54, 1.807) is 17.9 Å². The fourth-order valence-corrected chi connectivity index (χ4v) is 2.95. The molecule has 0 radical (unpaired) electrons. The lowest BCUT2D eigenvalue weighted by Crippen LogP contribution is -2.28. The molecule has 3 rings (SSSR count). The number of ether oxygens (including phenoxy) is 1. The Morgan fingerprint density at radius 3 is 2.92 bits per heavy atom. The Labute approximate surface area is 142 Å². The summed E-state index contributed by atoms with van der Waals surface area (Å²) in [5, 5.41) is 9.81. The number of hydrogen-bond acceptors (Lipinski definition) is 4. The number of alkyl halides is 2. The summed E-state index contributed by atoms with van der Waals surface area (Å²) in [7, 11) is 1.79. The lowest BCUT2D eigenvalue weighted by Gasteiger charge is -2.18. The van der Waals surface area contributed by atoms with Crippen molar-refractivity contribution in [1.29, 1.82) is 0 Å². The normalized spacial score (nSPS) is 20.0. The number of amides is 1. The maximum atomic E-state index is 13.3. The highest BCUT2D eigenvalue weighted by Crippen LogP contribution is 2.31. The van der Waals surface area contributed by atoms with Crippen LogP contribution in [-0.2, 0) is 11.8 Å². The zero-order valence-electron chi connectivity index (χ0n) is 13.4. The van der Waals surface area contributed by atoms with Crippen LogP contribution in [0.25, 0.3) is 0 Å². The van der Waals surface area contributed by atoms with Gasteiger partial charge in [0.2, 0.25) is 5.91 Å². The van der Waals surface area contributed by atoms with Crippen molar-refractivity contribution in [2.75, 3.05) is 18.4 Å². The standard InChI is InChI=1S/C16H17F3N4O2/c1-23-8-9(5-21-23)11-6-20-7-12(11)15(24)22-13-3-2-10(17)4-14(13)25-16(18)19/h2-5,8,11-12,16,20H,6-7H2,1H3,(H,22,24)/t11-,12+/m1/s1. The predicted molar refractivity (Wildman–Crippen MR) is 84.0 cm³/mol. The average molecular weight is 354 g/mol. The summed E-state index contributed by atoms with van der Waals surface area (Å²) in [6, 6.07) is 3.08. The molecule has 134 valence electrons. The van der Waals surface area contributed by atoms with Crippen molar-refractivity contribution in [3.8, 4) is 5.75 Å². The summed E-state index contributed by atoms with van der Waals surface area (Å²) in [6.07, 6.45) is 3.53. The molecule has 2 heterocycles. The first-order valence-corrected chi connectivity index (χ1v) is 7.68. The third kappa shape index (κ3) is 3.93. The molecule has 9 heteroatoms. The number of benzene rings is 1. The SMILES string of the molecule is Cn1cc([C@H]2CNC[C@@H]2C(=O)Nc2ccc(F)cc2OC(F)F)cn1. The topological polar surface area (TPSA) is 68.2 Å². The second kappa shape index (κ2) is 7.14. The third-order valence-electron chi connectivity index (χ3n) is 4.12. The molecule has 1 amide bonds. The number of nitrogens with one attached hydrogen (secondary N) is 2. The van der Waals surface area contributed by atoms with Crippen LogP contribution in [0.15, 0.2) is 30.6 Å².